The molecule has 1 aromatic carbocycles. The van der Waals surface area contributed by atoms with Crippen molar-refractivity contribution in [1.82, 2.24) is 9.97 Å². The van der Waals surface area contributed by atoms with Gasteiger partial charge in [-0.3, -0.25) is 10.1 Å². The fourth-order valence-corrected chi connectivity index (χ4v) is 2.52. The summed E-state index contributed by atoms with van der Waals surface area (Å²) in [5.74, 6) is -0.137. The molecule has 1 amide bonds. The van der Waals surface area contributed by atoms with Crippen LogP contribution >= 0.6 is 11.3 Å². The molecule has 0 saturated heterocycles. The maximum atomic E-state index is 12.1. The van der Waals surface area contributed by atoms with Gasteiger partial charge in [-0.2, -0.15) is 0 Å². The zero-order chi connectivity index (χ0) is 12.5. The van der Waals surface area contributed by atoms with Crippen LogP contribution in [0.2, 0.25) is 0 Å². The summed E-state index contributed by atoms with van der Waals surface area (Å²) in [6, 6.07) is 7.72. The minimum atomic E-state index is -0.137. The van der Waals surface area contributed by atoms with Gasteiger partial charge in [0.25, 0.3) is 5.91 Å². The van der Waals surface area contributed by atoms with E-state index in [2.05, 4.69) is 15.3 Å². The number of para-hydroxylation sites is 1. The third-order valence-electron chi connectivity index (χ3n) is 2.67. The van der Waals surface area contributed by atoms with E-state index in [9.17, 15) is 4.79 Å². The van der Waals surface area contributed by atoms with E-state index in [1.54, 1.807) is 6.20 Å². The standard InChI is InChI=1S/C13H11N3OS/c1-8-7-18-13(15-8)16-12(17)10-6-14-11-5-3-2-4-9(10)11/h2-7,14H,1H3,(H,15,16,17). The number of H-pyrrole nitrogens is 1. The monoisotopic (exact) mass is 257 g/mol. The van der Waals surface area contributed by atoms with Crippen molar-refractivity contribution in [3.05, 3.63) is 47.1 Å². The number of aromatic amines is 1. The first-order valence-electron chi connectivity index (χ1n) is 5.53. The molecule has 2 N–H and O–H groups in total. The molecular weight excluding hydrogens is 246 g/mol. The van der Waals surface area contributed by atoms with Crippen molar-refractivity contribution in [3.8, 4) is 0 Å². The van der Waals surface area contributed by atoms with E-state index in [4.69, 9.17) is 0 Å². The summed E-state index contributed by atoms with van der Waals surface area (Å²) in [6.07, 6.45) is 1.72. The predicted octanol–water partition coefficient (Wildman–Crippen LogP) is 3.19. The number of hydrogen-bond donors (Lipinski definition) is 2. The molecule has 0 bridgehead atoms. The van der Waals surface area contributed by atoms with E-state index in [1.165, 1.54) is 11.3 Å². The van der Waals surface area contributed by atoms with Crippen LogP contribution in [-0.2, 0) is 0 Å². The number of anilines is 1. The number of benzene rings is 1. The van der Waals surface area contributed by atoms with Crippen molar-refractivity contribution in [2.24, 2.45) is 0 Å². The molecule has 4 nitrogen and oxygen atoms in total. The highest BCUT2D eigenvalue weighted by Crippen LogP contribution is 2.20. The smallest absolute Gasteiger partial charge is 0.259 e. The number of rotatable bonds is 2. The lowest BCUT2D eigenvalue weighted by atomic mass is 10.2. The maximum absolute atomic E-state index is 12.1. The minimum absolute atomic E-state index is 0.137. The zero-order valence-corrected chi connectivity index (χ0v) is 10.5. The molecular formula is C13H11N3OS. The van der Waals surface area contributed by atoms with Crippen molar-refractivity contribution in [2.45, 2.75) is 6.92 Å². The number of amides is 1. The van der Waals surface area contributed by atoms with E-state index in [0.29, 0.717) is 10.7 Å². The quantitative estimate of drug-likeness (QED) is 0.740. The van der Waals surface area contributed by atoms with Gasteiger partial charge in [0, 0.05) is 22.5 Å². The van der Waals surface area contributed by atoms with Crippen molar-refractivity contribution in [3.63, 3.8) is 0 Å². The van der Waals surface area contributed by atoms with Crippen LogP contribution in [0, 0.1) is 6.92 Å². The first-order chi connectivity index (χ1) is 8.74. The van der Waals surface area contributed by atoms with Crippen LogP contribution in [-0.4, -0.2) is 15.9 Å². The third kappa shape index (κ3) is 1.89. The Labute approximate surface area is 108 Å². The molecule has 0 spiro atoms. The van der Waals surface area contributed by atoms with Gasteiger partial charge in [-0.05, 0) is 13.0 Å². The molecule has 2 aromatic heterocycles. The number of nitrogens with one attached hydrogen (secondary N) is 2. The first kappa shape index (κ1) is 11.0. The molecule has 0 aliphatic heterocycles. The van der Waals surface area contributed by atoms with Crippen molar-refractivity contribution in [2.75, 3.05) is 5.32 Å². The average Bonchev–Trinajstić information content (AvgIpc) is 2.95. The summed E-state index contributed by atoms with van der Waals surface area (Å²) in [6.45, 7) is 1.90. The van der Waals surface area contributed by atoms with E-state index in [-0.39, 0.29) is 5.91 Å². The highest BCUT2D eigenvalue weighted by Gasteiger charge is 2.12. The first-order valence-corrected chi connectivity index (χ1v) is 6.41. The molecule has 0 radical (unpaired) electrons. The van der Waals surface area contributed by atoms with Crippen LogP contribution < -0.4 is 5.32 Å². The molecule has 5 heteroatoms. The van der Waals surface area contributed by atoms with E-state index < -0.39 is 0 Å². The fraction of sp³-hybridized carbons (Fsp3) is 0.0769. The van der Waals surface area contributed by atoms with E-state index in [1.807, 2.05) is 36.6 Å². The van der Waals surface area contributed by atoms with Crippen LogP contribution in [0.25, 0.3) is 10.9 Å². The Hall–Kier alpha value is -2.14. The van der Waals surface area contributed by atoms with Gasteiger partial charge in [-0.25, -0.2) is 4.98 Å². The minimum Gasteiger partial charge on any atom is -0.360 e. The number of nitrogens with zero attached hydrogens (tertiary/aromatic N) is 1. The molecule has 2 heterocycles. The Bertz CT molecular complexity index is 714. The van der Waals surface area contributed by atoms with Gasteiger partial charge in [-0.1, -0.05) is 18.2 Å². The number of aryl methyl sites for hydroxylation is 1. The van der Waals surface area contributed by atoms with Gasteiger partial charge in [0.15, 0.2) is 5.13 Å². The summed E-state index contributed by atoms with van der Waals surface area (Å²) >= 11 is 1.43. The number of hydrogen-bond acceptors (Lipinski definition) is 3. The fourth-order valence-electron chi connectivity index (χ4n) is 1.84. The molecule has 0 atom stereocenters. The Kier molecular flexibility index (Phi) is 2.60. The molecule has 0 aliphatic carbocycles. The number of carbonyl (C=O) groups excluding carboxylic acids is 1. The lowest BCUT2D eigenvalue weighted by Gasteiger charge is -1.99. The summed E-state index contributed by atoms with van der Waals surface area (Å²) in [5.41, 5.74) is 2.51. The molecule has 90 valence electrons. The zero-order valence-electron chi connectivity index (χ0n) is 9.73. The largest absolute Gasteiger partial charge is 0.360 e. The van der Waals surface area contributed by atoms with Crippen LogP contribution in [0.5, 0.6) is 0 Å². The van der Waals surface area contributed by atoms with Crippen molar-refractivity contribution < 1.29 is 4.79 Å². The summed E-state index contributed by atoms with van der Waals surface area (Å²) in [4.78, 5) is 19.4. The van der Waals surface area contributed by atoms with Crippen LogP contribution in [0.4, 0.5) is 5.13 Å². The van der Waals surface area contributed by atoms with E-state index >= 15 is 0 Å². The van der Waals surface area contributed by atoms with Gasteiger partial charge >= 0.3 is 0 Å². The molecule has 18 heavy (non-hydrogen) atoms. The third-order valence-corrected chi connectivity index (χ3v) is 3.55. The van der Waals surface area contributed by atoms with Gasteiger partial charge < -0.3 is 4.98 Å². The normalized spacial score (nSPS) is 10.7. The van der Waals surface area contributed by atoms with Crippen LogP contribution in [0.3, 0.4) is 0 Å². The Balaban J connectivity index is 1.92. The summed E-state index contributed by atoms with van der Waals surface area (Å²) in [5, 5.41) is 6.26. The highest BCUT2D eigenvalue weighted by atomic mass is 32.1. The predicted molar refractivity (Wildman–Crippen MR) is 73.1 cm³/mol. The van der Waals surface area contributed by atoms with Gasteiger partial charge in [-0.15, -0.1) is 11.3 Å². The number of fused-ring (bicyclic) bond motifs is 1. The molecule has 3 rings (SSSR count). The maximum Gasteiger partial charge on any atom is 0.259 e. The lowest BCUT2D eigenvalue weighted by molar-refractivity contribution is 0.102. The van der Waals surface area contributed by atoms with E-state index in [0.717, 1.165) is 16.6 Å². The van der Waals surface area contributed by atoms with Crippen molar-refractivity contribution >= 4 is 33.3 Å². The molecule has 0 unspecified atom stereocenters. The van der Waals surface area contributed by atoms with Crippen LogP contribution in [0.15, 0.2) is 35.8 Å². The second kappa shape index (κ2) is 4.27. The molecule has 0 fully saturated rings. The molecule has 3 aromatic rings. The SMILES string of the molecule is Cc1csc(NC(=O)c2c[nH]c3ccccc23)n1. The molecule has 0 aliphatic rings. The second-order valence-electron chi connectivity index (χ2n) is 4.00. The average molecular weight is 257 g/mol. The van der Waals surface area contributed by atoms with Gasteiger partial charge in [0.1, 0.15) is 0 Å². The summed E-state index contributed by atoms with van der Waals surface area (Å²) < 4.78 is 0. The van der Waals surface area contributed by atoms with Crippen molar-refractivity contribution in [1.29, 1.82) is 0 Å². The Morgan fingerprint density at radius 3 is 3.00 bits per heavy atom. The number of carbonyl (C=O) groups is 1. The highest BCUT2D eigenvalue weighted by molar-refractivity contribution is 7.13. The van der Waals surface area contributed by atoms with Gasteiger partial charge in [0.2, 0.25) is 0 Å². The lowest BCUT2D eigenvalue weighted by Crippen LogP contribution is -2.11. The summed E-state index contributed by atoms with van der Waals surface area (Å²) in [7, 11) is 0. The number of thiazole rings is 1. The van der Waals surface area contributed by atoms with Gasteiger partial charge in [0.05, 0.1) is 11.3 Å². The Morgan fingerprint density at radius 2 is 2.22 bits per heavy atom. The van der Waals surface area contributed by atoms with Crippen LogP contribution in [0.1, 0.15) is 16.1 Å². The Morgan fingerprint density at radius 1 is 1.39 bits per heavy atom. The number of aromatic nitrogens is 2. The second-order valence-corrected chi connectivity index (χ2v) is 4.85. The molecule has 0 saturated carbocycles. The topological polar surface area (TPSA) is 57.8 Å².